The average Bonchev–Trinajstić information content (AvgIpc) is 2.29. The molecule has 0 saturated carbocycles. The monoisotopic (exact) mass is 248 g/mol. The lowest BCUT2D eigenvalue weighted by Gasteiger charge is -2.33. The first kappa shape index (κ1) is 13.3. The Morgan fingerprint density at radius 1 is 1.33 bits per heavy atom. The van der Waals surface area contributed by atoms with Crippen molar-refractivity contribution < 1.29 is 0 Å². The quantitative estimate of drug-likeness (QED) is 0.867. The smallest absolute Gasteiger partial charge is 0.225 e. The van der Waals surface area contributed by atoms with Gasteiger partial charge < -0.3 is 10.2 Å². The second-order valence-electron chi connectivity index (χ2n) is 6.38. The first-order valence-electron chi connectivity index (χ1n) is 6.74. The van der Waals surface area contributed by atoms with Gasteiger partial charge in [-0.2, -0.15) is 0 Å². The minimum absolute atomic E-state index is 0.285. The van der Waals surface area contributed by atoms with Crippen LogP contribution in [0.25, 0.3) is 0 Å². The van der Waals surface area contributed by atoms with Crippen LogP contribution in [0.4, 0.5) is 5.95 Å². The van der Waals surface area contributed by atoms with Gasteiger partial charge in [0.05, 0.1) is 0 Å². The highest BCUT2D eigenvalue weighted by Crippen LogP contribution is 2.20. The van der Waals surface area contributed by atoms with E-state index in [1.165, 1.54) is 5.56 Å². The van der Waals surface area contributed by atoms with Gasteiger partial charge in [0.15, 0.2) is 0 Å². The van der Waals surface area contributed by atoms with E-state index in [9.17, 15) is 0 Å². The number of piperazine rings is 1. The number of anilines is 1. The number of nitrogens with one attached hydrogen (secondary N) is 1. The highest BCUT2D eigenvalue weighted by Gasteiger charge is 2.20. The Balaban J connectivity index is 2.07. The van der Waals surface area contributed by atoms with E-state index in [1.54, 1.807) is 0 Å². The van der Waals surface area contributed by atoms with Crippen LogP contribution in [0, 0.1) is 5.41 Å². The van der Waals surface area contributed by atoms with Crippen molar-refractivity contribution in [1.29, 1.82) is 0 Å². The molecule has 100 valence electrons. The standard InChI is InChI=1S/C14H24N4/c1-11-8-15-5-6-18(11)13-16-9-12(10-17-13)7-14(2,3)4/h9-11,15H,5-8H2,1-4H3. The number of rotatable bonds is 2. The fraction of sp³-hybridized carbons (Fsp3) is 0.714. The Morgan fingerprint density at radius 2 is 2.00 bits per heavy atom. The van der Waals surface area contributed by atoms with Crippen LogP contribution in [0.15, 0.2) is 12.4 Å². The van der Waals surface area contributed by atoms with Crippen LogP contribution in [-0.4, -0.2) is 35.6 Å². The molecule has 4 heteroatoms. The Kier molecular flexibility index (Phi) is 3.85. The van der Waals surface area contributed by atoms with E-state index >= 15 is 0 Å². The van der Waals surface area contributed by atoms with Gasteiger partial charge in [-0.25, -0.2) is 9.97 Å². The third-order valence-corrected chi connectivity index (χ3v) is 3.18. The Bertz CT molecular complexity index is 380. The number of aromatic nitrogens is 2. The molecule has 1 aliphatic rings. The van der Waals surface area contributed by atoms with Gasteiger partial charge in [0.2, 0.25) is 5.95 Å². The minimum atomic E-state index is 0.285. The molecule has 1 unspecified atom stereocenters. The molecule has 1 fully saturated rings. The molecule has 1 N–H and O–H groups in total. The topological polar surface area (TPSA) is 41.0 Å². The van der Waals surface area contributed by atoms with Gasteiger partial charge in [-0.3, -0.25) is 0 Å². The Labute approximate surface area is 110 Å². The van der Waals surface area contributed by atoms with E-state index in [-0.39, 0.29) is 5.41 Å². The summed E-state index contributed by atoms with van der Waals surface area (Å²) in [6.45, 7) is 11.9. The van der Waals surface area contributed by atoms with Crippen molar-refractivity contribution in [3.8, 4) is 0 Å². The maximum atomic E-state index is 4.52. The zero-order valence-electron chi connectivity index (χ0n) is 11.9. The predicted molar refractivity (Wildman–Crippen MR) is 74.9 cm³/mol. The van der Waals surface area contributed by atoms with Crippen molar-refractivity contribution in [3.05, 3.63) is 18.0 Å². The van der Waals surface area contributed by atoms with Crippen LogP contribution in [0.1, 0.15) is 33.3 Å². The molecule has 18 heavy (non-hydrogen) atoms. The molecule has 0 bridgehead atoms. The first-order valence-corrected chi connectivity index (χ1v) is 6.74. The molecule has 0 radical (unpaired) electrons. The molecule has 0 spiro atoms. The number of nitrogens with zero attached hydrogens (tertiary/aromatic N) is 3. The summed E-state index contributed by atoms with van der Waals surface area (Å²) >= 11 is 0. The summed E-state index contributed by atoms with van der Waals surface area (Å²) in [6, 6.07) is 0.465. The van der Waals surface area contributed by atoms with E-state index in [0.717, 1.165) is 32.0 Å². The lowest BCUT2D eigenvalue weighted by atomic mass is 9.89. The van der Waals surface area contributed by atoms with E-state index in [0.29, 0.717) is 6.04 Å². The van der Waals surface area contributed by atoms with Gasteiger partial charge in [-0.05, 0) is 24.3 Å². The third-order valence-electron chi connectivity index (χ3n) is 3.18. The van der Waals surface area contributed by atoms with Gasteiger partial charge >= 0.3 is 0 Å². The Hall–Kier alpha value is -1.16. The van der Waals surface area contributed by atoms with Crippen molar-refractivity contribution in [1.82, 2.24) is 15.3 Å². The largest absolute Gasteiger partial charge is 0.336 e. The molecule has 0 aromatic carbocycles. The fourth-order valence-electron chi connectivity index (χ4n) is 2.34. The van der Waals surface area contributed by atoms with Crippen molar-refractivity contribution >= 4 is 5.95 Å². The molecular formula is C14H24N4. The minimum Gasteiger partial charge on any atom is -0.336 e. The second-order valence-corrected chi connectivity index (χ2v) is 6.38. The van der Waals surface area contributed by atoms with Crippen LogP contribution in [0.5, 0.6) is 0 Å². The van der Waals surface area contributed by atoms with Crippen molar-refractivity contribution in [2.75, 3.05) is 24.5 Å². The molecule has 1 saturated heterocycles. The fourth-order valence-corrected chi connectivity index (χ4v) is 2.34. The van der Waals surface area contributed by atoms with Gasteiger partial charge in [0.25, 0.3) is 0 Å². The zero-order valence-corrected chi connectivity index (χ0v) is 11.9. The lowest BCUT2D eigenvalue weighted by Crippen LogP contribution is -2.50. The molecular weight excluding hydrogens is 224 g/mol. The molecule has 4 nitrogen and oxygen atoms in total. The van der Waals surface area contributed by atoms with Crippen molar-refractivity contribution in [2.24, 2.45) is 5.41 Å². The molecule has 2 rings (SSSR count). The van der Waals surface area contributed by atoms with E-state index in [1.807, 2.05) is 12.4 Å². The van der Waals surface area contributed by atoms with Crippen LogP contribution >= 0.6 is 0 Å². The maximum absolute atomic E-state index is 4.52. The van der Waals surface area contributed by atoms with Crippen molar-refractivity contribution in [2.45, 2.75) is 40.2 Å². The summed E-state index contributed by atoms with van der Waals surface area (Å²) in [5.41, 5.74) is 1.50. The van der Waals surface area contributed by atoms with Gasteiger partial charge in [0.1, 0.15) is 0 Å². The van der Waals surface area contributed by atoms with E-state index < -0.39 is 0 Å². The summed E-state index contributed by atoms with van der Waals surface area (Å²) in [4.78, 5) is 11.3. The third kappa shape index (κ3) is 3.42. The normalized spacial score (nSPS) is 21.1. The summed E-state index contributed by atoms with van der Waals surface area (Å²) < 4.78 is 0. The van der Waals surface area contributed by atoms with Crippen LogP contribution < -0.4 is 10.2 Å². The molecule has 1 aromatic heterocycles. The predicted octanol–water partition coefficient (Wildman–Crippen LogP) is 1.86. The first-order chi connectivity index (χ1) is 8.46. The summed E-state index contributed by atoms with van der Waals surface area (Å²) in [5.74, 6) is 0.863. The van der Waals surface area contributed by atoms with Crippen molar-refractivity contribution in [3.63, 3.8) is 0 Å². The molecule has 0 amide bonds. The molecule has 2 heterocycles. The van der Waals surface area contributed by atoms with E-state index in [2.05, 4.69) is 47.9 Å². The van der Waals surface area contributed by atoms with Gasteiger partial charge in [-0.1, -0.05) is 20.8 Å². The molecule has 1 atom stereocenters. The number of hydrogen-bond acceptors (Lipinski definition) is 4. The summed E-state index contributed by atoms with van der Waals surface area (Å²) in [7, 11) is 0. The molecule has 1 aromatic rings. The van der Waals surface area contributed by atoms with Gasteiger partial charge in [-0.15, -0.1) is 0 Å². The van der Waals surface area contributed by atoms with Crippen LogP contribution in [0.2, 0.25) is 0 Å². The Morgan fingerprint density at radius 3 is 2.56 bits per heavy atom. The van der Waals surface area contributed by atoms with E-state index in [4.69, 9.17) is 0 Å². The maximum Gasteiger partial charge on any atom is 0.225 e. The molecule has 1 aliphatic heterocycles. The highest BCUT2D eigenvalue weighted by atomic mass is 15.3. The van der Waals surface area contributed by atoms with Gasteiger partial charge in [0, 0.05) is 38.1 Å². The summed E-state index contributed by atoms with van der Waals surface area (Å²) in [5, 5.41) is 3.38. The van der Waals surface area contributed by atoms with Crippen LogP contribution in [-0.2, 0) is 6.42 Å². The molecule has 0 aliphatic carbocycles. The summed E-state index contributed by atoms with van der Waals surface area (Å²) in [6.07, 6.45) is 4.97. The number of hydrogen-bond donors (Lipinski definition) is 1. The lowest BCUT2D eigenvalue weighted by molar-refractivity contribution is 0.410. The second kappa shape index (κ2) is 5.22. The van der Waals surface area contributed by atoms with Crippen LogP contribution in [0.3, 0.4) is 0 Å². The SMILES string of the molecule is CC1CNCCN1c1ncc(CC(C)(C)C)cn1. The average molecular weight is 248 g/mol. The zero-order chi connectivity index (χ0) is 13.2. The highest BCUT2D eigenvalue weighted by molar-refractivity contribution is 5.32.